The van der Waals surface area contributed by atoms with Crippen molar-refractivity contribution < 1.29 is 0 Å². The molecular formula is C63H46N2. The predicted octanol–water partition coefficient (Wildman–Crippen LogP) is 17.2. The highest BCUT2D eigenvalue weighted by Crippen LogP contribution is 2.53. The summed E-state index contributed by atoms with van der Waals surface area (Å²) in [6.07, 6.45) is 0. The molecular weight excluding hydrogens is 785 g/mol. The zero-order valence-electron chi connectivity index (χ0n) is 36.5. The first kappa shape index (κ1) is 38.5. The molecule has 1 aliphatic carbocycles. The van der Waals surface area contributed by atoms with Crippen molar-refractivity contribution in [1.29, 1.82) is 0 Å². The van der Waals surface area contributed by atoms with Gasteiger partial charge < -0.3 is 9.47 Å². The van der Waals surface area contributed by atoms with Crippen LogP contribution in [0.25, 0.3) is 83.1 Å². The average Bonchev–Trinajstić information content (AvgIpc) is 3.83. The minimum Gasteiger partial charge on any atom is -0.310 e. The molecule has 0 aliphatic heterocycles. The van der Waals surface area contributed by atoms with Gasteiger partial charge in [0.1, 0.15) is 0 Å². The Morgan fingerprint density at radius 1 is 0.338 bits per heavy atom. The van der Waals surface area contributed by atoms with Gasteiger partial charge in [-0.1, -0.05) is 190 Å². The molecule has 0 amide bonds. The fourth-order valence-corrected chi connectivity index (χ4v) is 10.4. The number of para-hydroxylation sites is 1. The van der Waals surface area contributed by atoms with Crippen molar-refractivity contribution in [2.75, 3.05) is 4.90 Å². The Morgan fingerprint density at radius 3 is 1.49 bits per heavy atom. The van der Waals surface area contributed by atoms with Gasteiger partial charge in [0.15, 0.2) is 0 Å². The number of aromatic nitrogens is 1. The van der Waals surface area contributed by atoms with E-state index in [9.17, 15) is 0 Å². The molecule has 10 aromatic carbocycles. The molecule has 1 aromatic heterocycles. The van der Waals surface area contributed by atoms with Crippen molar-refractivity contribution >= 4 is 38.9 Å². The molecule has 0 saturated heterocycles. The van der Waals surface area contributed by atoms with Gasteiger partial charge in [-0.25, -0.2) is 0 Å². The SMILES string of the molecule is CC1(C)c2ccccc2-c2ccc3c(c21)c1ccccc1n3-c1ccc(-c2cccc(-c3cccc(N(c4ccc(-c5ccccc5)cc4)c4ccc(-c5ccccc5)cc4)c3)c2)cc1. The van der Waals surface area contributed by atoms with E-state index in [1.54, 1.807) is 0 Å². The molecule has 0 bridgehead atoms. The number of anilines is 3. The summed E-state index contributed by atoms with van der Waals surface area (Å²) in [6.45, 7) is 4.77. The van der Waals surface area contributed by atoms with Crippen molar-refractivity contribution in [1.82, 2.24) is 4.57 Å². The summed E-state index contributed by atoms with van der Waals surface area (Å²) in [5.74, 6) is 0. The van der Waals surface area contributed by atoms with E-state index in [0.717, 1.165) is 28.3 Å². The third-order valence-electron chi connectivity index (χ3n) is 13.6. The van der Waals surface area contributed by atoms with Crippen LogP contribution in [0.3, 0.4) is 0 Å². The third-order valence-corrected chi connectivity index (χ3v) is 13.6. The molecule has 12 rings (SSSR count). The van der Waals surface area contributed by atoms with Crippen molar-refractivity contribution in [3.8, 4) is 61.3 Å². The molecule has 65 heavy (non-hydrogen) atoms. The molecule has 1 heterocycles. The minimum atomic E-state index is -0.102. The molecule has 0 spiro atoms. The zero-order chi connectivity index (χ0) is 43.5. The van der Waals surface area contributed by atoms with Crippen LogP contribution in [0.4, 0.5) is 17.1 Å². The Morgan fingerprint density at radius 2 is 0.831 bits per heavy atom. The number of nitrogens with zero attached hydrogens (tertiary/aromatic N) is 2. The highest BCUT2D eigenvalue weighted by Gasteiger charge is 2.38. The van der Waals surface area contributed by atoms with Crippen LogP contribution < -0.4 is 4.90 Å². The molecule has 308 valence electrons. The van der Waals surface area contributed by atoms with Gasteiger partial charge >= 0.3 is 0 Å². The largest absolute Gasteiger partial charge is 0.310 e. The molecule has 0 atom stereocenters. The average molecular weight is 831 g/mol. The highest BCUT2D eigenvalue weighted by atomic mass is 15.1. The first-order chi connectivity index (χ1) is 32.0. The lowest BCUT2D eigenvalue weighted by atomic mass is 9.80. The summed E-state index contributed by atoms with van der Waals surface area (Å²) in [7, 11) is 0. The second kappa shape index (κ2) is 15.6. The summed E-state index contributed by atoms with van der Waals surface area (Å²) < 4.78 is 2.45. The Balaban J connectivity index is 0.893. The van der Waals surface area contributed by atoms with Crippen LogP contribution in [0, 0.1) is 0 Å². The molecule has 2 nitrogen and oxygen atoms in total. The van der Waals surface area contributed by atoms with Gasteiger partial charge in [0, 0.05) is 38.9 Å². The van der Waals surface area contributed by atoms with Crippen molar-refractivity contribution in [3.63, 3.8) is 0 Å². The maximum absolute atomic E-state index is 2.45. The molecule has 0 saturated carbocycles. The molecule has 0 unspecified atom stereocenters. The summed E-state index contributed by atoms with van der Waals surface area (Å²) in [5.41, 5.74) is 21.9. The summed E-state index contributed by atoms with van der Waals surface area (Å²) in [6, 6.07) is 88.5. The standard InChI is InChI=1S/C63H46N2/c1-63(2)58-25-11-9-23-55(58)56-39-40-60-61(62(56)63)57-24-10-12-26-59(57)65(60)53-37-31-47(32-38-53)48-19-13-20-49(41-48)50-21-14-22-54(42-50)64(51-33-27-45(28-34-51)43-15-5-3-6-16-43)52-35-29-46(30-36-52)44-17-7-4-8-18-44/h3-42H,1-2H3. The first-order valence-electron chi connectivity index (χ1n) is 22.6. The van der Waals surface area contributed by atoms with Crippen LogP contribution in [0.15, 0.2) is 243 Å². The third kappa shape index (κ3) is 6.57. The van der Waals surface area contributed by atoms with Crippen LogP contribution in [-0.2, 0) is 5.41 Å². The van der Waals surface area contributed by atoms with Gasteiger partial charge in [0.25, 0.3) is 0 Å². The second-order valence-corrected chi connectivity index (χ2v) is 17.7. The van der Waals surface area contributed by atoms with E-state index >= 15 is 0 Å². The van der Waals surface area contributed by atoms with Crippen molar-refractivity contribution in [2.45, 2.75) is 19.3 Å². The minimum absolute atomic E-state index is 0.102. The zero-order valence-corrected chi connectivity index (χ0v) is 36.5. The monoisotopic (exact) mass is 830 g/mol. The first-order valence-corrected chi connectivity index (χ1v) is 22.6. The Kier molecular flexibility index (Phi) is 9.21. The number of hydrogen-bond acceptors (Lipinski definition) is 1. The van der Waals surface area contributed by atoms with Gasteiger partial charge in [-0.05, 0) is 133 Å². The smallest absolute Gasteiger partial charge is 0.0544 e. The second-order valence-electron chi connectivity index (χ2n) is 17.7. The summed E-state index contributed by atoms with van der Waals surface area (Å²) in [4.78, 5) is 2.36. The van der Waals surface area contributed by atoms with Crippen LogP contribution >= 0.6 is 0 Å². The molecule has 0 radical (unpaired) electrons. The highest BCUT2D eigenvalue weighted by molar-refractivity contribution is 6.14. The fourth-order valence-electron chi connectivity index (χ4n) is 10.4. The van der Waals surface area contributed by atoms with Gasteiger partial charge in [0.2, 0.25) is 0 Å². The van der Waals surface area contributed by atoms with Crippen molar-refractivity contribution in [2.24, 2.45) is 0 Å². The lowest BCUT2D eigenvalue weighted by Crippen LogP contribution is -2.15. The van der Waals surface area contributed by atoms with Crippen LogP contribution in [0.2, 0.25) is 0 Å². The van der Waals surface area contributed by atoms with Crippen LogP contribution in [0.5, 0.6) is 0 Å². The van der Waals surface area contributed by atoms with Gasteiger partial charge in [0.05, 0.1) is 11.0 Å². The van der Waals surface area contributed by atoms with Gasteiger partial charge in [-0.15, -0.1) is 0 Å². The molecule has 11 aromatic rings. The lowest BCUT2D eigenvalue weighted by Gasteiger charge is -2.26. The van der Waals surface area contributed by atoms with Crippen LogP contribution in [0.1, 0.15) is 25.0 Å². The van der Waals surface area contributed by atoms with E-state index in [2.05, 4.69) is 266 Å². The number of hydrogen-bond donors (Lipinski definition) is 0. The summed E-state index contributed by atoms with van der Waals surface area (Å²) in [5, 5.41) is 2.65. The molecule has 0 N–H and O–H groups in total. The molecule has 1 aliphatic rings. The van der Waals surface area contributed by atoms with Crippen molar-refractivity contribution in [3.05, 3.63) is 254 Å². The Labute approximate surface area is 381 Å². The van der Waals surface area contributed by atoms with E-state index in [-0.39, 0.29) is 5.41 Å². The number of rotatable bonds is 8. The van der Waals surface area contributed by atoms with E-state index in [1.807, 2.05) is 0 Å². The Hall–Kier alpha value is -8.20. The lowest BCUT2D eigenvalue weighted by molar-refractivity contribution is 0.666. The maximum atomic E-state index is 2.45. The number of fused-ring (bicyclic) bond motifs is 7. The van der Waals surface area contributed by atoms with E-state index in [1.165, 1.54) is 83.0 Å². The van der Waals surface area contributed by atoms with E-state index < -0.39 is 0 Å². The topological polar surface area (TPSA) is 8.17 Å². The van der Waals surface area contributed by atoms with Gasteiger partial charge in [-0.3, -0.25) is 0 Å². The van der Waals surface area contributed by atoms with Gasteiger partial charge in [-0.2, -0.15) is 0 Å². The molecule has 0 fully saturated rings. The Bertz CT molecular complexity index is 3440. The molecule has 2 heteroatoms. The van der Waals surface area contributed by atoms with E-state index in [4.69, 9.17) is 0 Å². The maximum Gasteiger partial charge on any atom is 0.0544 e. The summed E-state index contributed by atoms with van der Waals surface area (Å²) >= 11 is 0. The normalized spacial score (nSPS) is 12.6. The number of benzene rings is 10. The fraction of sp³-hybridized carbons (Fsp3) is 0.0476. The predicted molar refractivity (Wildman–Crippen MR) is 275 cm³/mol. The van der Waals surface area contributed by atoms with Crippen LogP contribution in [-0.4, -0.2) is 4.57 Å². The van der Waals surface area contributed by atoms with E-state index in [0.29, 0.717) is 0 Å². The quantitative estimate of drug-likeness (QED) is 0.148.